The largest absolute Gasteiger partial charge is 0.479 e. The monoisotopic (exact) mass is 877 g/mol. The molecule has 20 atom stereocenters. The van der Waals surface area contributed by atoms with Crippen LogP contribution in [0.5, 0.6) is 0 Å². The molecule has 4 aliphatic heterocycles. The summed E-state index contributed by atoms with van der Waals surface area (Å²) in [6, 6.07) is 0. The number of aliphatic hydroxyl groups is 10. The van der Waals surface area contributed by atoms with Crippen LogP contribution in [0.4, 0.5) is 0 Å². The average molecular weight is 878 g/mol. The van der Waals surface area contributed by atoms with E-state index in [4.69, 9.17) is 37.9 Å². The van der Waals surface area contributed by atoms with E-state index in [0.29, 0.717) is 19.3 Å². The second-order valence-electron chi connectivity index (χ2n) is 14.4. The van der Waals surface area contributed by atoms with Crippen LogP contribution in [0.15, 0.2) is 0 Å². The Balaban J connectivity index is 1.42. The molecule has 14 N–H and O–H groups in total. The number of Topliss-reactive ketones (excluding diaryl/α,β-unsaturated/α-hetero) is 1. The summed E-state index contributed by atoms with van der Waals surface area (Å²) in [5, 5.41) is 138. The van der Waals surface area contributed by atoms with Gasteiger partial charge in [-0.3, -0.25) is 4.79 Å². The zero-order valence-electron chi connectivity index (χ0n) is 31.6. The first-order valence-electron chi connectivity index (χ1n) is 18.6. The Morgan fingerprint density at radius 3 is 1.55 bits per heavy atom. The van der Waals surface area contributed by atoms with Gasteiger partial charge in [0.2, 0.25) is 5.91 Å². The normalized spacial score (nSPS) is 42.2. The Bertz CT molecular complexity index is 1470. The number of carboxylic acid groups (broad SMARTS) is 3. The molecule has 27 heteroatoms. The minimum Gasteiger partial charge on any atom is -0.479 e. The minimum absolute atomic E-state index is 0.00907. The Hall–Kier alpha value is -3.17. The first kappa shape index (κ1) is 49.5. The molecule has 0 spiro atoms. The van der Waals surface area contributed by atoms with Crippen molar-refractivity contribution in [1.82, 2.24) is 5.32 Å². The van der Waals surface area contributed by atoms with Crippen molar-refractivity contribution < 1.29 is 128 Å². The standard InChI is InChI=1S/C33H51NO26/c1-9(36)4-2-3-5-11(37)34-6-7-53-30-17(43)14(40)21(10(8-35)54-30)55-33-20(46)22(19(45)25(59-33)28(49)50)56-32-18(44)15(41)23(26(60-32)29(51)52)57-31-16(42)12(38)13(39)24(58-31)27(47)48/h10,12-26,30-33,35,38-46H,2-8H2,1H3,(H,34,37)(H,47,48)(H,49,50)(H,51,52). The lowest BCUT2D eigenvalue weighted by Gasteiger charge is -2.48. The molecule has 344 valence electrons. The molecule has 0 saturated carbocycles. The number of ketones is 1. The van der Waals surface area contributed by atoms with Crippen molar-refractivity contribution in [2.75, 3.05) is 19.8 Å². The first-order valence-corrected chi connectivity index (χ1v) is 18.6. The second kappa shape index (κ2) is 21.8. The third-order valence-electron chi connectivity index (χ3n) is 9.97. The van der Waals surface area contributed by atoms with E-state index in [2.05, 4.69) is 5.32 Å². The number of carboxylic acids is 3. The number of aliphatic hydroxyl groups excluding tert-OH is 10. The second-order valence-corrected chi connectivity index (χ2v) is 14.4. The summed E-state index contributed by atoms with van der Waals surface area (Å²) < 4.78 is 42.5. The van der Waals surface area contributed by atoms with Crippen molar-refractivity contribution in [1.29, 1.82) is 0 Å². The van der Waals surface area contributed by atoms with E-state index in [1.165, 1.54) is 6.92 Å². The zero-order valence-corrected chi connectivity index (χ0v) is 31.6. The van der Waals surface area contributed by atoms with Gasteiger partial charge in [-0.15, -0.1) is 0 Å². The average Bonchev–Trinajstić information content (AvgIpc) is 3.18. The smallest absolute Gasteiger partial charge is 0.335 e. The van der Waals surface area contributed by atoms with Gasteiger partial charge in [-0.05, 0) is 19.8 Å². The molecule has 4 saturated heterocycles. The van der Waals surface area contributed by atoms with Crippen molar-refractivity contribution in [3.05, 3.63) is 0 Å². The third-order valence-corrected chi connectivity index (χ3v) is 9.97. The van der Waals surface area contributed by atoms with Gasteiger partial charge in [-0.1, -0.05) is 0 Å². The highest BCUT2D eigenvalue weighted by molar-refractivity contribution is 5.77. The summed E-state index contributed by atoms with van der Waals surface area (Å²) in [4.78, 5) is 58.9. The van der Waals surface area contributed by atoms with Crippen LogP contribution in [-0.2, 0) is 61.9 Å². The summed E-state index contributed by atoms with van der Waals surface area (Å²) in [5.41, 5.74) is 0. The molecule has 20 unspecified atom stereocenters. The number of unbranched alkanes of at least 4 members (excludes halogenated alkanes) is 1. The van der Waals surface area contributed by atoms with Gasteiger partial charge in [-0.2, -0.15) is 0 Å². The molecule has 0 aliphatic carbocycles. The van der Waals surface area contributed by atoms with E-state index in [0.717, 1.165) is 0 Å². The molecule has 0 aromatic heterocycles. The molecule has 0 aromatic rings. The van der Waals surface area contributed by atoms with Crippen molar-refractivity contribution in [3.63, 3.8) is 0 Å². The van der Waals surface area contributed by atoms with Crippen LogP contribution in [0.3, 0.4) is 0 Å². The van der Waals surface area contributed by atoms with E-state index in [1.807, 2.05) is 0 Å². The number of hydrogen-bond donors (Lipinski definition) is 14. The summed E-state index contributed by atoms with van der Waals surface area (Å²) in [7, 11) is 0. The lowest BCUT2D eigenvalue weighted by Crippen LogP contribution is -2.68. The lowest BCUT2D eigenvalue weighted by atomic mass is 9.95. The molecular formula is C33H51NO26. The van der Waals surface area contributed by atoms with E-state index in [9.17, 15) is 90.4 Å². The molecular weight excluding hydrogens is 826 g/mol. The Labute approximate surface area is 338 Å². The number of nitrogens with one attached hydrogen (secondary N) is 1. The van der Waals surface area contributed by atoms with Gasteiger partial charge in [0, 0.05) is 19.4 Å². The van der Waals surface area contributed by atoms with E-state index >= 15 is 0 Å². The van der Waals surface area contributed by atoms with Gasteiger partial charge in [0.05, 0.1) is 13.2 Å². The fourth-order valence-electron chi connectivity index (χ4n) is 6.71. The van der Waals surface area contributed by atoms with Crippen molar-refractivity contribution in [2.24, 2.45) is 0 Å². The molecule has 27 nitrogen and oxygen atoms in total. The molecule has 1 amide bonds. The predicted octanol–water partition coefficient (Wildman–Crippen LogP) is -8.18. The number of aliphatic carboxylic acids is 3. The molecule has 0 aromatic carbocycles. The molecule has 4 fully saturated rings. The van der Waals surface area contributed by atoms with Gasteiger partial charge in [0.15, 0.2) is 43.5 Å². The quantitative estimate of drug-likeness (QED) is 0.0536. The summed E-state index contributed by atoms with van der Waals surface area (Å²) >= 11 is 0. The predicted molar refractivity (Wildman–Crippen MR) is 181 cm³/mol. The van der Waals surface area contributed by atoms with Gasteiger partial charge in [0.1, 0.15) is 85.1 Å². The topological polar surface area (TPSA) is 434 Å². The van der Waals surface area contributed by atoms with Gasteiger partial charge >= 0.3 is 17.9 Å². The number of carbonyl (C=O) groups is 5. The van der Waals surface area contributed by atoms with Gasteiger partial charge < -0.3 is 114 Å². The number of rotatable bonds is 19. The SMILES string of the molecule is CC(=O)CCCCC(=O)NCCOC1OC(CO)C(OC2OC(C(=O)O)C(O)C(OC3OC(C(=O)O)C(OC4OC(C(=O)O)C(O)C(O)C4O)C(O)C3O)C2O)C(O)C1O. The first-order chi connectivity index (χ1) is 28.2. The lowest BCUT2D eigenvalue weighted by molar-refractivity contribution is -0.382. The number of ether oxygens (including phenoxy) is 8. The van der Waals surface area contributed by atoms with Crippen LogP contribution >= 0.6 is 0 Å². The van der Waals surface area contributed by atoms with Gasteiger partial charge in [0.25, 0.3) is 0 Å². The Morgan fingerprint density at radius 1 is 0.517 bits per heavy atom. The van der Waals surface area contributed by atoms with Crippen LogP contribution in [0.2, 0.25) is 0 Å². The minimum atomic E-state index is -2.42. The van der Waals surface area contributed by atoms with Crippen LogP contribution < -0.4 is 5.32 Å². The highest BCUT2D eigenvalue weighted by Gasteiger charge is 2.57. The maximum atomic E-state index is 12.2. The highest BCUT2D eigenvalue weighted by Crippen LogP contribution is 2.35. The number of amides is 1. The molecule has 0 bridgehead atoms. The maximum absolute atomic E-state index is 12.2. The molecule has 4 aliphatic rings. The fourth-order valence-corrected chi connectivity index (χ4v) is 6.71. The van der Waals surface area contributed by atoms with Crippen LogP contribution in [-0.4, -0.2) is 239 Å². The van der Waals surface area contributed by atoms with E-state index in [1.54, 1.807) is 0 Å². The van der Waals surface area contributed by atoms with Crippen molar-refractivity contribution in [2.45, 2.75) is 155 Å². The number of carbonyl (C=O) groups excluding carboxylic acids is 2. The van der Waals surface area contributed by atoms with E-state index < -0.39 is 147 Å². The Kier molecular flexibility index (Phi) is 17.9. The van der Waals surface area contributed by atoms with Crippen LogP contribution in [0.1, 0.15) is 32.6 Å². The summed E-state index contributed by atoms with van der Waals surface area (Å²) in [5.74, 6) is -6.04. The van der Waals surface area contributed by atoms with Crippen LogP contribution in [0, 0.1) is 0 Å². The fraction of sp³-hybridized carbons (Fsp3) is 0.848. The zero-order chi connectivity index (χ0) is 44.7. The van der Waals surface area contributed by atoms with Crippen molar-refractivity contribution >= 4 is 29.6 Å². The molecule has 0 radical (unpaired) electrons. The van der Waals surface area contributed by atoms with Gasteiger partial charge in [-0.25, -0.2) is 14.4 Å². The van der Waals surface area contributed by atoms with Crippen LogP contribution in [0.25, 0.3) is 0 Å². The Morgan fingerprint density at radius 2 is 0.983 bits per heavy atom. The maximum Gasteiger partial charge on any atom is 0.335 e. The summed E-state index contributed by atoms with van der Waals surface area (Å²) in [6.07, 6.45) is -42.1. The molecule has 4 heterocycles. The molecule has 60 heavy (non-hydrogen) atoms. The number of hydrogen-bond acceptors (Lipinski definition) is 23. The molecule has 4 rings (SSSR count). The van der Waals surface area contributed by atoms with Crippen molar-refractivity contribution in [3.8, 4) is 0 Å². The summed E-state index contributed by atoms with van der Waals surface area (Å²) in [6.45, 7) is 0.159. The highest BCUT2D eigenvalue weighted by atomic mass is 16.8. The third kappa shape index (κ3) is 11.6. The van der Waals surface area contributed by atoms with E-state index in [-0.39, 0.29) is 31.3 Å².